The second-order valence-corrected chi connectivity index (χ2v) is 5.78. The van der Waals surface area contributed by atoms with Gasteiger partial charge in [0.1, 0.15) is 11.5 Å². The molecule has 0 saturated carbocycles. The minimum Gasteiger partial charge on any atom is -0.482 e. The number of fused-ring (bicyclic) bond motifs is 1. The highest BCUT2D eigenvalue weighted by molar-refractivity contribution is 6.32. The van der Waals surface area contributed by atoms with Crippen LogP contribution in [-0.2, 0) is 9.59 Å². The highest BCUT2D eigenvalue weighted by Crippen LogP contribution is 2.34. The summed E-state index contributed by atoms with van der Waals surface area (Å²) in [5, 5.41) is 3.18. The van der Waals surface area contributed by atoms with Gasteiger partial charge in [0.25, 0.3) is 11.8 Å². The SMILES string of the molecule is CCN1C(=O)COc2cc(NC(=O)COc3ccccc3Cl)ccc21. The van der Waals surface area contributed by atoms with Crippen LogP contribution >= 0.6 is 11.6 Å². The number of rotatable bonds is 5. The van der Waals surface area contributed by atoms with Crippen molar-refractivity contribution in [1.82, 2.24) is 0 Å². The molecule has 130 valence electrons. The Morgan fingerprint density at radius 2 is 2.12 bits per heavy atom. The van der Waals surface area contributed by atoms with Gasteiger partial charge in [0.15, 0.2) is 13.2 Å². The molecule has 2 aromatic rings. The number of hydrogen-bond acceptors (Lipinski definition) is 4. The van der Waals surface area contributed by atoms with Gasteiger partial charge in [0.2, 0.25) is 0 Å². The minimum absolute atomic E-state index is 0.00609. The smallest absolute Gasteiger partial charge is 0.265 e. The summed E-state index contributed by atoms with van der Waals surface area (Å²) in [6.45, 7) is 2.29. The summed E-state index contributed by atoms with van der Waals surface area (Å²) in [5.41, 5.74) is 1.26. The molecule has 2 aromatic carbocycles. The molecule has 0 spiro atoms. The van der Waals surface area contributed by atoms with E-state index in [2.05, 4.69) is 5.32 Å². The Morgan fingerprint density at radius 1 is 1.32 bits per heavy atom. The van der Waals surface area contributed by atoms with Crippen molar-refractivity contribution in [3.63, 3.8) is 0 Å². The third kappa shape index (κ3) is 3.85. The zero-order valence-electron chi connectivity index (χ0n) is 13.6. The summed E-state index contributed by atoms with van der Waals surface area (Å²) in [6.07, 6.45) is 0. The van der Waals surface area contributed by atoms with E-state index in [1.807, 2.05) is 6.92 Å². The molecule has 0 bridgehead atoms. The predicted molar refractivity (Wildman–Crippen MR) is 95.5 cm³/mol. The highest BCUT2D eigenvalue weighted by Gasteiger charge is 2.24. The number of amides is 2. The number of para-hydroxylation sites is 1. The Balaban J connectivity index is 1.64. The predicted octanol–water partition coefficient (Wildman–Crippen LogP) is 3.10. The molecule has 0 saturated heterocycles. The Labute approximate surface area is 150 Å². The Kier molecular flexibility index (Phi) is 5.09. The van der Waals surface area contributed by atoms with Gasteiger partial charge in [-0.15, -0.1) is 0 Å². The number of halogens is 1. The number of likely N-dealkylation sites (N-methyl/N-ethyl adjacent to an activating group) is 1. The molecule has 25 heavy (non-hydrogen) atoms. The molecule has 1 N–H and O–H groups in total. The molecular formula is C18H17ClN2O4. The van der Waals surface area contributed by atoms with E-state index in [-0.39, 0.29) is 25.0 Å². The Bertz CT molecular complexity index is 809. The number of benzene rings is 2. The van der Waals surface area contributed by atoms with Crippen LogP contribution in [0.15, 0.2) is 42.5 Å². The van der Waals surface area contributed by atoms with Crippen molar-refractivity contribution >= 4 is 34.8 Å². The molecule has 0 fully saturated rings. The molecule has 0 radical (unpaired) electrons. The summed E-state index contributed by atoms with van der Waals surface area (Å²) in [5.74, 6) is 0.607. The van der Waals surface area contributed by atoms with E-state index in [0.717, 1.165) is 0 Å². The van der Waals surface area contributed by atoms with Crippen LogP contribution in [0.4, 0.5) is 11.4 Å². The summed E-state index contributed by atoms with van der Waals surface area (Å²) < 4.78 is 10.8. The van der Waals surface area contributed by atoms with E-state index in [0.29, 0.717) is 34.4 Å². The molecule has 2 amide bonds. The number of ether oxygens (including phenoxy) is 2. The van der Waals surface area contributed by atoms with Crippen LogP contribution < -0.4 is 19.7 Å². The van der Waals surface area contributed by atoms with E-state index in [1.165, 1.54) is 0 Å². The fourth-order valence-electron chi connectivity index (χ4n) is 2.53. The van der Waals surface area contributed by atoms with Gasteiger partial charge >= 0.3 is 0 Å². The molecule has 1 heterocycles. The summed E-state index contributed by atoms with van der Waals surface area (Å²) in [6, 6.07) is 12.1. The summed E-state index contributed by atoms with van der Waals surface area (Å²) in [7, 11) is 0. The fraction of sp³-hybridized carbons (Fsp3) is 0.222. The van der Waals surface area contributed by atoms with Gasteiger partial charge in [-0.1, -0.05) is 23.7 Å². The number of nitrogens with one attached hydrogen (secondary N) is 1. The first-order valence-electron chi connectivity index (χ1n) is 7.83. The Morgan fingerprint density at radius 3 is 2.88 bits per heavy atom. The lowest BCUT2D eigenvalue weighted by molar-refractivity contribution is -0.121. The molecule has 1 aliphatic heterocycles. The van der Waals surface area contributed by atoms with E-state index in [1.54, 1.807) is 47.4 Å². The monoisotopic (exact) mass is 360 g/mol. The number of anilines is 2. The average molecular weight is 361 g/mol. The molecule has 3 rings (SSSR count). The third-order valence-corrected chi connectivity index (χ3v) is 4.01. The lowest BCUT2D eigenvalue weighted by atomic mass is 10.2. The van der Waals surface area contributed by atoms with Gasteiger partial charge in [-0.05, 0) is 31.2 Å². The van der Waals surface area contributed by atoms with Gasteiger partial charge < -0.3 is 19.7 Å². The number of carbonyl (C=O) groups excluding carboxylic acids is 2. The topological polar surface area (TPSA) is 67.9 Å². The lowest BCUT2D eigenvalue weighted by Crippen LogP contribution is -2.38. The first kappa shape index (κ1) is 17.1. The van der Waals surface area contributed by atoms with E-state index in [9.17, 15) is 9.59 Å². The molecular weight excluding hydrogens is 344 g/mol. The maximum atomic E-state index is 12.1. The normalized spacial score (nSPS) is 13.0. The fourth-order valence-corrected chi connectivity index (χ4v) is 2.72. The molecule has 0 atom stereocenters. The minimum atomic E-state index is -0.320. The first-order valence-corrected chi connectivity index (χ1v) is 8.20. The second kappa shape index (κ2) is 7.44. The van der Waals surface area contributed by atoms with Crippen molar-refractivity contribution in [2.45, 2.75) is 6.92 Å². The van der Waals surface area contributed by atoms with Crippen LogP contribution in [0.2, 0.25) is 5.02 Å². The van der Waals surface area contributed by atoms with Gasteiger partial charge in [0.05, 0.1) is 10.7 Å². The van der Waals surface area contributed by atoms with Crippen molar-refractivity contribution in [2.24, 2.45) is 0 Å². The van der Waals surface area contributed by atoms with E-state index >= 15 is 0 Å². The zero-order chi connectivity index (χ0) is 17.8. The van der Waals surface area contributed by atoms with Gasteiger partial charge in [-0.25, -0.2) is 0 Å². The van der Waals surface area contributed by atoms with Crippen molar-refractivity contribution in [3.05, 3.63) is 47.5 Å². The van der Waals surface area contributed by atoms with Crippen LogP contribution in [0.5, 0.6) is 11.5 Å². The van der Waals surface area contributed by atoms with Crippen LogP contribution in [0, 0.1) is 0 Å². The number of nitrogens with zero attached hydrogens (tertiary/aromatic N) is 1. The largest absolute Gasteiger partial charge is 0.482 e. The molecule has 6 nitrogen and oxygen atoms in total. The van der Waals surface area contributed by atoms with Crippen LogP contribution in [0.25, 0.3) is 0 Å². The number of hydrogen-bond donors (Lipinski definition) is 1. The molecule has 0 unspecified atom stereocenters. The van der Waals surface area contributed by atoms with Gasteiger partial charge in [0, 0.05) is 18.3 Å². The molecule has 1 aliphatic rings. The van der Waals surface area contributed by atoms with Crippen molar-refractivity contribution in [2.75, 3.05) is 30.0 Å². The molecule has 7 heteroatoms. The van der Waals surface area contributed by atoms with E-state index in [4.69, 9.17) is 21.1 Å². The number of carbonyl (C=O) groups is 2. The zero-order valence-corrected chi connectivity index (χ0v) is 14.4. The van der Waals surface area contributed by atoms with E-state index < -0.39 is 0 Å². The van der Waals surface area contributed by atoms with Gasteiger partial charge in [-0.2, -0.15) is 0 Å². The van der Waals surface area contributed by atoms with Crippen LogP contribution in [0.1, 0.15) is 6.92 Å². The molecule has 0 aliphatic carbocycles. The van der Waals surface area contributed by atoms with Crippen LogP contribution in [0.3, 0.4) is 0 Å². The quantitative estimate of drug-likeness (QED) is 0.889. The maximum Gasteiger partial charge on any atom is 0.265 e. The van der Waals surface area contributed by atoms with Crippen LogP contribution in [-0.4, -0.2) is 31.6 Å². The first-order chi connectivity index (χ1) is 12.1. The third-order valence-electron chi connectivity index (χ3n) is 3.70. The van der Waals surface area contributed by atoms with Crippen molar-refractivity contribution < 1.29 is 19.1 Å². The maximum absolute atomic E-state index is 12.1. The second-order valence-electron chi connectivity index (χ2n) is 5.38. The van der Waals surface area contributed by atoms with Gasteiger partial charge in [-0.3, -0.25) is 9.59 Å². The standard InChI is InChI=1S/C18H17ClN2O4/c1-2-21-14-8-7-12(9-16(14)25-11-18(21)23)20-17(22)10-24-15-6-4-3-5-13(15)19/h3-9H,2,10-11H2,1H3,(H,20,22). The molecule has 0 aromatic heterocycles. The summed E-state index contributed by atoms with van der Waals surface area (Å²) in [4.78, 5) is 25.5. The average Bonchev–Trinajstić information content (AvgIpc) is 2.61. The Hall–Kier alpha value is -2.73. The summed E-state index contributed by atoms with van der Waals surface area (Å²) >= 11 is 5.98. The lowest BCUT2D eigenvalue weighted by Gasteiger charge is -2.28. The van der Waals surface area contributed by atoms with Crippen molar-refractivity contribution in [3.8, 4) is 11.5 Å². The van der Waals surface area contributed by atoms with Crippen molar-refractivity contribution in [1.29, 1.82) is 0 Å². The highest BCUT2D eigenvalue weighted by atomic mass is 35.5.